The number of ether oxygens (including phenoxy) is 2. The van der Waals surface area contributed by atoms with Crippen LogP contribution in [0, 0.1) is 18.6 Å². The summed E-state index contributed by atoms with van der Waals surface area (Å²) in [6.45, 7) is 3.25. The second-order valence-corrected chi connectivity index (χ2v) is 10.6. The van der Waals surface area contributed by atoms with Crippen LogP contribution in [-0.2, 0) is 20.3 Å². The lowest BCUT2D eigenvalue weighted by Crippen LogP contribution is -2.30. The van der Waals surface area contributed by atoms with E-state index in [9.17, 15) is 17.2 Å². The lowest BCUT2D eigenvalue weighted by molar-refractivity contribution is 0.0947. The van der Waals surface area contributed by atoms with Crippen LogP contribution in [0.25, 0.3) is 17.2 Å². The molecule has 3 heterocycles. The van der Waals surface area contributed by atoms with Gasteiger partial charge in [-0.2, -0.15) is 0 Å². The van der Waals surface area contributed by atoms with Crippen molar-refractivity contribution in [2.75, 3.05) is 14.2 Å². The Hall–Kier alpha value is -3.84. The van der Waals surface area contributed by atoms with Gasteiger partial charge in [-0.25, -0.2) is 32.2 Å². The summed E-state index contributed by atoms with van der Waals surface area (Å²) in [5.41, 5.74) is 0.442. The molecule has 0 bridgehead atoms. The fourth-order valence-corrected chi connectivity index (χ4v) is 5.14. The summed E-state index contributed by atoms with van der Waals surface area (Å²) < 4.78 is 68.4. The number of halogens is 2. The fraction of sp³-hybridized carbons (Fsp3) is 0.292. The Kier molecular flexibility index (Phi) is 7.55. The Morgan fingerprint density at radius 2 is 1.65 bits per heavy atom. The molecule has 0 aliphatic heterocycles. The van der Waals surface area contributed by atoms with E-state index in [4.69, 9.17) is 9.47 Å². The smallest absolute Gasteiger partial charge is 0.213 e. The van der Waals surface area contributed by atoms with Crippen molar-refractivity contribution in [1.29, 1.82) is 0 Å². The van der Waals surface area contributed by atoms with Crippen LogP contribution in [-0.4, -0.2) is 57.6 Å². The molecule has 13 heteroatoms. The van der Waals surface area contributed by atoms with Crippen molar-refractivity contribution in [3.63, 3.8) is 0 Å². The number of nitrogens with zero attached hydrogens (tertiary/aromatic N) is 6. The van der Waals surface area contributed by atoms with Crippen LogP contribution in [0.4, 0.5) is 8.78 Å². The second-order valence-electron chi connectivity index (χ2n) is 8.20. The molecule has 0 aliphatic carbocycles. The van der Waals surface area contributed by atoms with Gasteiger partial charge in [0.25, 0.3) is 0 Å². The highest BCUT2D eigenvalue weighted by Gasteiger charge is 2.35. The SMILES string of the molecule is COc1cccc(-c2nnc(CS(=O)(=O)[C@@H](C)[C@H](OC)c3ncc(C)cn3)n2-c2c(F)cccc2F)n1. The number of sulfone groups is 1. The predicted molar refractivity (Wildman–Crippen MR) is 130 cm³/mol. The Bertz CT molecular complexity index is 1490. The molecule has 4 rings (SSSR count). The highest BCUT2D eigenvalue weighted by Crippen LogP contribution is 2.30. The van der Waals surface area contributed by atoms with Crippen molar-refractivity contribution < 1.29 is 26.7 Å². The normalized spacial score (nSPS) is 13.4. The molecule has 0 spiro atoms. The maximum Gasteiger partial charge on any atom is 0.213 e. The van der Waals surface area contributed by atoms with Crippen LogP contribution >= 0.6 is 0 Å². The van der Waals surface area contributed by atoms with Gasteiger partial charge in [-0.15, -0.1) is 10.2 Å². The van der Waals surface area contributed by atoms with Crippen LogP contribution in [0.5, 0.6) is 5.88 Å². The summed E-state index contributed by atoms with van der Waals surface area (Å²) in [4.78, 5) is 12.6. The summed E-state index contributed by atoms with van der Waals surface area (Å²) in [5.74, 6) is -2.43. The predicted octanol–water partition coefficient (Wildman–Crippen LogP) is 3.41. The van der Waals surface area contributed by atoms with Crippen molar-refractivity contribution in [2.24, 2.45) is 0 Å². The Morgan fingerprint density at radius 1 is 1.00 bits per heavy atom. The number of pyridine rings is 1. The van der Waals surface area contributed by atoms with E-state index in [0.29, 0.717) is 0 Å². The zero-order chi connectivity index (χ0) is 26.7. The van der Waals surface area contributed by atoms with Crippen LogP contribution in [0.15, 0.2) is 48.8 Å². The van der Waals surface area contributed by atoms with Crippen LogP contribution < -0.4 is 4.74 Å². The Morgan fingerprint density at radius 3 is 2.27 bits per heavy atom. The lowest BCUT2D eigenvalue weighted by Gasteiger charge is -2.21. The number of para-hydroxylation sites is 1. The summed E-state index contributed by atoms with van der Waals surface area (Å²) >= 11 is 0. The van der Waals surface area contributed by atoms with Gasteiger partial charge in [0.1, 0.15) is 34.9 Å². The number of hydrogen-bond acceptors (Lipinski definition) is 9. The van der Waals surface area contributed by atoms with E-state index in [0.717, 1.165) is 22.3 Å². The molecule has 0 unspecified atom stereocenters. The zero-order valence-corrected chi connectivity index (χ0v) is 21.3. The first-order chi connectivity index (χ1) is 17.7. The van der Waals surface area contributed by atoms with Crippen LogP contribution in [0.2, 0.25) is 0 Å². The van der Waals surface area contributed by atoms with E-state index in [1.54, 1.807) is 37.5 Å². The minimum absolute atomic E-state index is 0.0640. The second kappa shape index (κ2) is 10.6. The standard InChI is InChI=1S/C24H24F2N6O4S/c1-14-11-27-23(28-12-14)22(36-4)15(2)37(33,34)13-19-30-31-24(18-9-6-10-20(29-18)35-3)32(19)21-16(25)7-5-8-17(21)26/h5-12,15,22H,13H2,1-4H3/t15-,22-/m0/s1. The van der Waals surface area contributed by atoms with Gasteiger partial charge in [-0.1, -0.05) is 12.1 Å². The number of methoxy groups -OCH3 is 2. The van der Waals surface area contributed by atoms with Crippen molar-refractivity contribution in [3.05, 3.63) is 77.6 Å². The van der Waals surface area contributed by atoms with Gasteiger partial charge in [0.2, 0.25) is 5.88 Å². The maximum atomic E-state index is 14.9. The zero-order valence-electron chi connectivity index (χ0n) is 20.5. The molecule has 10 nitrogen and oxygen atoms in total. The van der Waals surface area contributed by atoms with Crippen LogP contribution in [0.3, 0.4) is 0 Å². The van der Waals surface area contributed by atoms with Crippen molar-refractivity contribution in [1.82, 2.24) is 29.7 Å². The molecule has 0 N–H and O–H groups in total. The molecular weight excluding hydrogens is 506 g/mol. The summed E-state index contributed by atoms with van der Waals surface area (Å²) in [7, 11) is -1.27. The quantitative estimate of drug-likeness (QED) is 0.320. The van der Waals surface area contributed by atoms with Crippen molar-refractivity contribution in [3.8, 4) is 23.1 Å². The summed E-state index contributed by atoms with van der Waals surface area (Å²) in [6.07, 6.45) is 2.11. The number of aryl methyl sites for hydroxylation is 1. The molecule has 0 radical (unpaired) electrons. The molecule has 194 valence electrons. The maximum absolute atomic E-state index is 14.9. The highest BCUT2D eigenvalue weighted by atomic mass is 32.2. The molecule has 37 heavy (non-hydrogen) atoms. The molecule has 0 aliphatic rings. The highest BCUT2D eigenvalue weighted by molar-refractivity contribution is 7.91. The molecule has 2 atom stereocenters. The monoisotopic (exact) mass is 530 g/mol. The number of benzene rings is 1. The van der Waals surface area contributed by atoms with Crippen molar-refractivity contribution >= 4 is 9.84 Å². The molecule has 1 aromatic carbocycles. The Labute approximate surface area is 212 Å². The minimum atomic E-state index is -4.04. The number of rotatable bonds is 9. The lowest BCUT2D eigenvalue weighted by atomic mass is 10.2. The van der Waals surface area contributed by atoms with E-state index < -0.39 is 44.3 Å². The van der Waals surface area contributed by atoms with E-state index in [1.165, 1.54) is 27.2 Å². The molecular formula is C24H24F2N6O4S. The minimum Gasteiger partial charge on any atom is -0.481 e. The Balaban J connectivity index is 1.81. The average molecular weight is 531 g/mol. The van der Waals surface area contributed by atoms with E-state index >= 15 is 0 Å². The summed E-state index contributed by atoms with van der Waals surface area (Å²) in [5, 5.41) is 6.90. The average Bonchev–Trinajstić information content (AvgIpc) is 3.27. The molecule has 3 aromatic heterocycles. The number of aromatic nitrogens is 6. The molecule has 0 saturated carbocycles. The van der Waals surface area contributed by atoms with Gasteiger partial charge in [0, 0.05) is 25.6 Å². The molecule has 0 saturated heterocycles. The molecule has 4 aromatic rings. The van der Waals surface area contributed by atoms with Gasteiger partial charge in [0.05, 0.1) is 12.4 Å². The number of hydrogen-bond donors (Lipinski definition) is 0. The fourth-order valence-electron chi connectivity index (χ4n) is 3.72. The third-order valence-corrected chi connectivity index (χ3v) is 7.73. The van der Waals surface area contributed by atoms with Gasteiger partial charge in [-0.3, -0.25) is 4.57 Å². The topological polar surface area (TPSA) is 122 Å². The first kappa shape index (κ1) is 26.2. The van der Waals surface area contributed by atoms with Crippen LogP contribution in [0.1, 0.15) is 30.2 Å². The van der Waals surface area contributed by atoms with Crippen molar-refractivity contribution in [2.45, 2.75) is 31.0 Å². The van der Waals surface area contributed by atoms with Gasteiger partial charge in [-0.05, 0) is 37.6 Å². The summed E-state index contributed by atoms with van der Waals surface area (Å²) in [6, 6.07) is 8.04. The molecule has 0 fully saturated rings. The molecule has 0 amide bonds. The third-order valence-electron chi connectivity index (χ3n) is 5.69. The first-order valence-electron chi connectivity index (χ1n) is 11.1. The van der Waals surface area contributed by atoms with Gasteiger partial charge >= 0.3 is 0 Å². The van der Waals surface area contributed by atoms with Gasteiger partial charge in [0.15, 0.2) is 27.3 Å². The third kappa shape index (κ3) is 5.32. The van der Waals surface area contributed by atoms with E-state index in [1.807, 2.05) is 0 Å². The largest absolute Gasteiger partial charge is 0.481 e. The van der Waals surface area contributed by atoms with Gasteiger partial charge < -0.3 is 9.47 Å². The van der Waals surface area contributed by atoms with E-state index in [2.05, 4.69) is 25.1 Å². The first-order valence-corrected chi connectivity index (χ1v) is 12.8. The van der Waals surface area contributed by atoms with E-state index in [-0.39, 0.29) is 29.0 Å².